The number of nitrogens with zero attached hydrogens (tertiary/aromatic N) is 2. The van der Waals surface area contributed by atoms with E-state index in [1.54, 1.807) is 10.7 Å². The smallest absolute Gasteiger partial charge is 0.123 e. The van der Waals surface area contributed by atoms with Crippen LogP contribution in [-0.4, -0.2) is 15.8 Å². The van der Waals surface area contributed by atoms with Crippen molar-refractivity contribution in [3.63, 3.8) is 0 Å². The minimum Gasteiger partial charge on any atom is -0.276 e. The molecule has 1 atom stereocenters. The van der Waals surface area contributed by atoms with E-state index in [4.69, 9.17) is 5.84 Å². The molecule has 3 N–H and O–H groups in total. The van der Waals surface area contributed by atoms with Gasteiger partial charge in [0.25, 0.3) is 0 Å². The van der Waals surface area contributed by atoms with Crippen LogP contribution in [0.1, 0.15) is 11.3 Å². The Labute approximate surface area is 106 Å². The Hall–Kier alpha value is -1.72. The zero-order valence-corrected chi connectivity index (χ0v) is 10.3. The number of aryl methyl sites for hydroxylation is 1. The molecule has 0 aliphatic heterocycles. The number of nitrogens with two attached hydrogens (primary N) is 1. The summed E-state index contributed by atoms with van der Waals surface area (Å²) < 4.78 is 14.8. The minimum absolute atomic E-state index is 0.0432. The average molecular weight is 248 g/mol. The van der Waals surface area contributed by atoms with E-state index in [1.165, 1.54) is 12.1 Å². The Morgan fingerprint density at radius 1 is 1.39 bits per heavy atom. The van der Waals surface area contributed by atoms with Gasteiger partial charge >= 0.3 is 0 Å². The van der Waals surface area contributed by atoms with Crippen molar-refractivity contribution in [1.82, 2.24) is 15.2 Å². The minimum atomic E-state index is -0.221. The lowest BCUT2D eigenvalue weighted by atomic mass is 10.0. The molecule has 0 radical (unpaired) electrons. The van der Waals surface area contributed by atoms with E-state index in [0.717, 1.165) is 11.3 Å². The summed E-state index contributed by atoms with van der Waals surface area (Å²) in [7, 11) is 1.88. The van der Waals surface area contributed by atoms with Crippen molar-refractivity contribution >= 4 is 0 Å². The van der Waals surface area contributed by atoms with Gasteiger partial charge in [-0.25, -0.2) is 4.39 Å². The second-order valence-electron chi connectivity index (χ2n) is 4.38. The van der Waals surface area contributed by atoms with E-state index < -0.39 is 0 Å². The molecule has 18 heavy (non-hydrogen) atoms. The molecule has 0 aliphatic rings. The van der Waals surface area contributed by atoms with Crippen molar-refractivity contribution < 1.29 is 4.39 Å². The fourth-order valence-electron chi connectivity index (χ4n) is 1.96. The van der Waals surface area contributed by atoms with E-state index in [-0.39, 0.29) is 11.9 Å². The van der Waals surface area contributed by atoms with Crippen LogP contribution in [0.15, 0.2) is 36.5 Å². The quantitative estimate of drug-likeness (QED) is 0.617. The highest BCUT2D eigenvalue weighted by atomic mass is 19.1. The number of nitrogens with one attached hydrogen (secondary N) is 1. The molecule has 96 valence electrons. The molecule has 4 nitrogen and oxygen atoms in total. The number of hydrogen-bond acceptors (Lipinski definition) is 3. The number of benzene rings is 1. The van der Waals surface area contributed by atoms with Crippen LogP contribution in [0.3, 0.4) is 0 Å². The van der Waals surface area contributed by atoms with Gasteiger partial charge in [0.1, 0.15) is 5.82 Å². The van der Waals surface area contributed by atoms with Gasteiger partial charge in [-0.2, -0.15) is 5.10 Å². The number of aromatic nitrogens is 2. The van der Waals surface area contributed by atoms with Gasteiger partial charge < -0.3 is 0 Å². The van der Waals surface area contributed by atoms with E-state index >= 15 is 0 Å². The third kappa shape index (κ3) is 3.38. The third-order valence-corrected chi connectivity index (χ3v) is 2.83. The predicted molar refractivity (Wildman–Crippen MR) is 68.1 cm³/mol. The molecule has 5 heteroatoms. The van der Waals surface area contributed by atoms with Crippen LogP contribution in [0.2, 0.25) is 0 Å². The number of rotatable bonds is 5. The van der Waals surface area contributed by atoms with Gasteiger partial charge in [0.2, 0.25) is 0 Å². The molecule has 0 amide bonds. The fraction of sp³-hybridized carbons (Fsp3) is 0.308. The first-order valence-corrected chi connectivity index (χ1v) is 5.86. The maximum absolute atomic E-state index is 13.1. The summed E-state index contributed by atoms with van der Waals surface area (Å²) in [5.74, 6) is 5.31. The highest BCUT2D eigenvalue weighted by Gasteiger charge is 2.11. The number of halogens is 1. The van der Waals surface area contributed by atoms with Crippen LogP contribution in [0.25, 0.3) is 0 Å². The summed E-state index contributed by atoms with van der Waals surface area (Å²) in [6, 6.07) is 8.57. The van der Waals surface area contributed by atoms with E-state index in [0.29, 0.717) is 12.8 Å². The van der Waals surface area contributed by atoms with Crippen LogP contribution in [-0.2, 0) is 19.9 Å². The first kappa shape index (κ1) is 12.7. The predicted octanol–water partition coefficient (Wildman–Crippen LogP) is 1.18. The first-order chi connectivity index (χ1) is 8.67. The molecule has 2 aromatic rings. The Bertz CT molecular complexity index is 509. The van der Waals surface area contributed by atoms with Crippen LogP contribution in [0, 0.1) is 5.82 Å². The average Bonchev–Trinajstić information content (AvgIpc) is 2.74. The maximum atomic E-state index is 13.1. The highest BCUT2D eigenvalue weighted by Crippen LogP contribution is 2.09. The number of hydrogen-bond donors (Lipinski definition) is 2. The van der Waals surface area contributed by atoms with Crippen molar-refractivity contribution in [2.75, 3.05) is 0 Å². The van der Waals surface area contributed by atoms with E-state index in [1.807, 2.05) is 25.4 Å². The van der Waals surface area contributed by atoms with Gasteiger partial charge in [-0.1, -0.05) is 12.1 Å². The monoisotopic (exact) mass is 248 g/mol. The van der Waals surface area contributed by atoms with Gasteiger partial charge in [-0.15, -0.1) is 0 Å². The molecule has 1 heterocycles. The Balaban J connectivity index is 2.01. The summed E-state index contributed by atoms with van der Waals surface area (Å²) in [6.45, 7) is 0. The Morgan fingerprint density at radius 2 is 2.22 bits per heavy atom. The lowest BCUT2D eigenvalue weighted by Gasteiger charge is -2.14. The molecule has 0 aliphatic carbocycles. The number of hydrazine groups is 1. The molecular weight excluding hydrogens is 231 g/mol. The molecule has 0 spiro atoms. The molecule has 0 bridgehead atoms. The van der Waals surface area contributed by atoms with Crippen LogP contribution in [0.4, 0.5) is 4.39 Å². The van der Waals surface area contributed by atoms with Gasteiger partial charge in [0, 0.05) is 25.7 Å². The van der Waals surface area contributed by atoms with Gasteiger partial charge in [-0.05, 0) is 30.2 Å². The van der Waals surface area contributed by atoms with Crippen molar-refractivity contribution in [1.29, 1.82) is 0 Å². The van der Waals surface area contributed by atoms with Crippen molar-refractivity contribution in [3.05, 3.63) is 53.6 Å². The summed E-state index contributed by atoms with van der Waals surface area (Å²) in [6.07, 6.45) is 3.28. The van der Waals surface area contributed by atoms with Crippen LogP contribution in [0.5, 0.6) is 0 Å². The maximum Gasteiger partial charge on any atom is 0.123 e. The fourth-order valence-corrected chi connectivity index (χ4v) is 1.96. The summed E-state index contributed by atoms with van der Waals surface area (Å²) in [4.78, 5) is 0. The molecular formula is C13H17FN4. The van der Waals surface area contributed by atoms with E-state index in [2.05, 4.69) is 10.5 Å². The van der Waals surface area contributed by atoms with Crippen molar-refractivity contribution in [2.24, 2.45) is 12.9 Å². The molecule has 0 saturated carbocycles. The Morgan fingerprint density at radius 3 is 2.83 bits per heavy atom. The van der Waals surface area contributed by atoms with Crippen LogP contribution >= 0.6 is 0 Å². The lowest BCUT2D eigenvalue weighted by Crippen LogP contribution is -2.38. The van der Waals surface area contributed by atoms with Gasteiger partial charge in [0.05, 0.1) is 5.69 Å². The van der Waals surface area contributed by atoms with Crippen molar-refractivity contribution in [3.8, 4) is 0 Å². The molecule has 0 saturated heterocycles. The largest absolute Gasteiger partial charge is 0.276 e. The first-order valence-electron chi connectivity index (χ1n) is 5.86. The molecule has 1 unspecified atom stereocenters. The van der Waals surface area contributed by atoms with Gasteiger partial charge in [-0.3, -0.25) is 16.0 Å². The zero-order valence-electron chi connectivity index (χ0n) is 10.3. The summed E-state index contributed by atoms with van der Waals surface area (Å²) in [5.41, 5.74) is 4.65. The second-order valence-corrected chi connectivity index (χ2v) is 4.38. The third-order valence-electron chi connectivity index (χ3n) is 2.83. The molecule has 1 aromatic heterocycles. The molecule has 1 aromatic carbocycles. The second kappa shape index (κ2) is 5.75. The Kier molecular flexibility index (Phi) is 4.07. The topological polar surface area (TPSA) is 55.9 Å². The molecule has 2 rings (SSSR count). The van der Waals surface area contributed by atoms with Crippen LogP contribution < -0.4 is 11.3 Å². The normalized spacial score (nSPS) is 12.6. The summed E-state index contributed by atoms with van der Waals surface area (Å²) in [5, 5.41) is 4.30. The lowest BCUT2D eigenvalue weighted by molar-refractivity contribution is 0.512. The van der Waals surface area contributed by atoms with Crippen molar-refractivity contribution in [2.45, 2.75) is 18.9 Å². The molecule has 0 fully saturated rings. The van der Waals surface area contributed by atoms with E-state index in [9.17, 15) is 4.39 Å². The summed E-state index contributed by atoms with van der Waals surface area (Å²) >= 11 is 0. The SMILES string of the molecule is Cn1ccc(CC(Cc2cccc(F)c2)NN)n1. The standard InChI is InChI=1S/C13H17FN4/c1-18-6-5-12(17-18)9-13(16-15)8-10-3-2-4-11(14)7-10/h2-7,13,16H,8-9,15H2,1H3. The highest BCUT2D eigenvalue weighted by molar-refractivity contribution is 5.18. The zero-order chi connectivity index (χ0) is 13.0. The van der Waals surface area contributed by atoms with Gasteiger partial charge in [0.15, 0.2) is 0 Å².